The molecule has 1 heterocycles. The molecule has 0 atom stereocenters. The number of carbonyl (C=O) groups is 1. The van der Waals surface area contributed by atoms with E-state index >= 15 is 0 Å². The van der Waals surface area contributed by atoms with Crippen molar-refractivity contribution in [2.24, 2.45) is 0 Å². The summed E-state index contributed by atoms with van der Waals surface area (Å²) in [5.41, 5.74) is 3.16. The molecule has 154 valence electrons. The maximum Gasteiger partial charge on any atom is 0.232 e. The van der Waals surface area contributed by atoms with Crippen molar-refractivity contribution in [2.45, 2.75) is 50.7 Å². The van der Waals surface area contributed by atoms with Gasteiger partial charge in [0.15, 0.2) is 0 Å². The average molecular weight is 401 g/mol. The van der Waals surface area contributed by atoms with Crippen molar-refractivity contribution >= 4 is 5.91 Å². The van der Waals surface area contributed by atoms with Crippen LogP contribution in [0.3, 0.4) is 0 Å². The average Bonchev–Trinajstić information content (AvgIpc) is 2.78. The Kier molecular flexibility index (Phi) is 6.43. The summed E-state index contributed by atoms with van der Waals surface area (Å²) in [4.78, 5) is 17.6. The highest BCUT2D eigenvalue weighted by atomic mass is 16.5. The molecule has 0 aliphatic heterocycles. The molecule has 3 aromatic rings. The number of hydrogen-bond acceptors (Lipinski definition) is 3. The van der Waals surface area contributed by atoms with Crippen molar-refractivity contribution < 1.29 is 9.53 Å². The lowest BCUT2D eigenvalue weighted by atomic mass is 9.88. The third-order valence-corrected chi connectivity index (χ3v) is 5.72. The van der Waals surface area contributed by atoms with E-state index in [2.05, 4.69) is 10.3 Å². The zero-order chi connectivity index (χ0) is 20.8. The minimum absolute atomic E-state index is 0.0666. The van der Waals surface area contributed by atoms with Crippen LogP contribution in [0, 0.1) is 6.92 Å². The summed E-state index contributed by atoms with van der Waals surface area (Å²) in [5.74, 6) is 0.455. The lowest BCUT2D eigenvalue weighted by Crippen LogP contribution is -2.42. The first-order valence-corrected chi connectivity index (χ1v) is 10.7. The molecular formula is C26H28N2O2. The Hall–Kier alpha value is -3.14. The van der Waals surface area contributed by atoms with Gasteiger partial charge in [-0.2, -0.15) is 0 Å². The van der Waals surface area contributed by atoms with E-state index in [1.807, 2.05) is 85.9 Å². The lowest BCUT2D eigenvalue weighted by molar-refractivity contribution is -0.122. The molecule has 0 bridgehead atoms. The highest BCUT2D eigenvalue weighted by Crippen LogP contribution is 2.27. The number of aryl methyl sites for hydroxylation is 1. The van der Waals surface area contributed by atoms with Gasteiger partial charge < -0.3 is 10.1 Å². The smallest absolute Gasteiger partial charge is 0.232 e. The fourth-order valence-corrected chi connectivity index (χ4v) is 4.09. The highest BCUT2D eigenvalue weighted by molar-refractivity contribution is 5.87. The first-order valence-electron chi connectivity index (χ1n) is 10.7. The summed E-state index contributed by atoms with van der Waals surface area (Å²) >= 11 is 0. The van der Waals surface area contributed by atoms with Gasteiger partial charge in [0.1, 0.15) is 6.10 Å². The standard InChI is InChI=1S/C26H28N2O2/c1-19-12-17-24(27-18-19)30-23-15-13-22(14-16-23)28-26(29)25(20-8-4-2-5-9-20)21-10-6-3-7-11-21/h2-12,17-18,22-23,25H,13-16H2,1H3,(H,28,29). The summed E-state index contributed by atoms with van der Waals surface area (Å²) < 4.78 is 6.03. The molecule has 0 spiro atoms. The van der Waals surface area contributed by atoms with E-state index in [1.165, 1.54) is 0 Å². The van der Waals surface area contributed by atoms with Crippen molar-refractivity contribution in [3.05, 3.63) is 95.7 Å². The number of rotatable bonds is 6. The van der Waals surface area contributed by atoms with E-state index in [9.17, 15) is 4.79 Å². The van der Waals surface area contributed by atoms with Crippen LogP contribution in [0.15, 0.2) is 79.0 Å². The molecule has 4 rings (SSSR count). The minimum Gasteiger partial charge on any atom is -0.474 e. The van der Waals surface area contributed by atoms with Crippen LogP contribution in [0.5, 0.6) is 5.88 Å². The second-order valence-electron chi connectivity index (χ2n) is 8.03. The Morgan fingerprint density at radius 1 is 0.900 bits per heavy atom. The number of benzene rings is 2. The van der Waals surface area contributed by atoms with Gasteiger partial charge in [-0.15, -0.1) is 0 Å². The molecule has 0 saturated heterocycles. The number of nitrogens with zero attached hydrogens (tertiary/aromatic N) is 1. The number of pyridine rings is 1. The molecule has 30 heavy (non-hydrogen) atoms. The largest absolute Gasteiger partial charge is 0.474 e. The van der Waals surface area contributed by atoms with Crippen LogP contribution in [0.1, 0.15) is 48.3 Å². The third-order valence-electron chi connectivity index (χ3n) is 5.72. The zero-order valence-corrected chi connectivity index (χ0v) is 17.3. The molecule has 1 saturated carbocycles. The van der Waals surface area contributed by atoms with E-state index in [-0.39, 0.29) is 24.0 Å². The predicted octanol–water partition coefficient (Wildman–Crippen LogP) is 5.03. The normalized spacial score (nSPS) is 18.7. The Balaban J connectivity index is 1.37. The van der Waals surface area contributed by atoms with Crippen molar-refractivity contribution in [3.63, 3.8) is 0 Å². The first kappa shape index (κ1) is 20.1. The van der Waals surface area contributed by atoms with E-state index in [4.69, 9.17) is 4.74 Å². The van der Waals surface area contributed by atoms with E-state index in [0.717, 1.165) is 42.4 Å². The Morgan fingerprint density at radius 2 is 1.50 bits per heavy atom. The molecule has 1 aliphatic rings. The van der Waals surface area contributed by atoms with Crippen molar-refractivity contribution in [2.75, 3.05) is 0 Å². The fraction of sp³-hybridized carbons (Fsp3) is 0.308. The van der Waals surface area contributed by atoms with Gasteiger partial charge >= 0.3 is 0 Å². The van der Waals surface area contributed by atoms with E-state index < -0.39 is 0 Å². The van der Waals surface area contributed by atoms with Gasteiger partial charge in [-0.3, -0.25) is 4.79 Å². The minimum atomic E-state index is -0.293. The second-order valence-corrected chi connectivity index (χ2v) is 8.03. The maximum atomic E-state index is 13.3. The molecule has 1 N–H and O–H groups in total. The molecule has 4 nitrogen and oxygen atoms in total. The number of ether oxygens (including phenoxy) is 1. The van der Waals surface area contributed by atoms with Gasteiger partial charge in [-0.05, 0) is 49.3 Å². The second kappa shape index (κ2) is 9.57. The van der Waals surface area contributed by atoms with Gasteiger partial charge in [0.05, 0.1) is 5.92 Å². The molecule has 1 aliphatic carbocycles. The molecule has 1 fully saturated rings. The van der Waals surface area contributed by atoms with Crippen molar-refractivity contribution in [1.29, 1.82) is 0 Å². The number of nitrogens with one attached hydrogen (secondary N) is 1. The van der Waals surface area contributed by atoms with Crippen LogP contribution in [0.4, 0.5) is 0 Å². The van der Waals surface area contributed by atoms with Crippen LogP contribution in [0.2, 0.25) is 0 Å². The predicted molar refractivity (Wildman–Crippen MR) is 119 cm³/mol. The highest BCUT2D eigenvalue weighted by Gasteiger charge is 2.28. The molecule has 0 unspecified atom stereocenters. The SMILES string of the molecule is Cc1ccc(OC2CCC(NC(=O)C(c3ccccc3)c3ccccc3)CC2)nc1. The first-order chi connectivity index (χ1) is 14.7. The number of amides is 1. The number of aromatic nitrogens is 1. The fourth-order valence-electron chi connectivity index (χ4n) is 4.09. The summed E-state index contributed by atoms with van der Waals surface area (Å²) in [6.45, 7) is 2.02. The van der Waals surface area contributed by atoms with Crippen LogP contribution in [-0.2, 0) is 4.79 Å². The van der Waals surface area contributed by atoms with Crippen molar-refractivity contribution in [3.8, 4) is 5.88 Å². The molecular weight excluding hydrogens is 372 g/mol. The lowest BCUT2D eigenvalue weighted by Gasteiger charge is -2.30. The van der Waals surface area contributed by atoms with Gasteiger partial charge in [0, 0.05) is 18.3 Å². The van der Waals surface area contributed by atoms with Crippen LogP contribution in [0.25, 0.3) is 0 Å². The Bertz CT molecular complexity index is 894. The molecule has 4 heteroatoms. The Morgan fingerprint density at radius 3 is 2.03 bits per heavy atom. The summed E-state index contributed by atoms with van der Waals surface area (Å²) in [5, 5.41) is 3.30. The molecule has 1 aromatic heterocycles. The van der Waals surface area contributed by atoms with Crippen LogP contribution in [-0.4, -0.2) is 23.0 Å². The van der Waals surface area contributed by atoms with Gasteiger partial charge in [-0.1, -0.05) is 66.7 Å². The molecule has 1 amide bonds. The topological polar surface area (TPSA) is 51.2 Å². The van der Waals surface area contributed by atoms with E-state index in [1.54, 1.807) is 0 Å². The summed E-state index contributed by atoms with van der Waals surface area (Å²) in [6.07, 6.45) is 5.65. The Labute approximate surface area is 178 Å². The molecule has 2 aromatic carbocycles. The quantitative estimate of drug-likeness (QED) is 0.631. The van der Waals surface area contributed by atoms with Crippen LogP contribution >= 0.6 is 0 Å². The third kappa shape index (κ3) is 5.07. The number of carbonyl (C=O) groups excluding carboxylic acids is 1. The van der Waals surface area contributed by atoms with Gasteiger partial charge in [0.25, 0.3) is 0 Å². The molecule has 0 radical (unpaired) electrons. The number of hydrogen-bond donors (Lipinski definition) is 1. The van der Waals surface area contributed by atoms with E-state index in [0.29, 0.717) is 5.88 Å². The van der Waals surface area contributed by atoms with Gasteiger partial charge in [0.2, 0.25) is 11.8 Å². The van der Waals surface area contributed by atoms with Crippen LogP contribution < -0.4 is 10.1 Å². The van der Waals surface area contributed by atoms with Gasteiger partial charge in [-0.25, -0.2) is 4.98 Å². The summed E-state index contributed by atoms with van der Waals surface area (Å²) in [7, 11) is 0. The van der Waals surface area contributed by atoms with Crippen molar-refractivity contribution in [1.82, 2.24) is 10.3 Å². The monoisotopic (exact) mass is 400 g/mol. The summed E-state index contributed by atoms with van der Waals surface area (Å²) in [6, 6.07) is 24.1. The zero-order valence-electron chi connectivity index (χ0n) is 17.3. The maximum absolute atomic E-state index is 13.3.